The molecule has 0 radical (unpaired) electrons. The van der Waals surface area contributed by atoms with Crippen molar-refractivity contribution in [2.45, 2.75) is 25.5 Å². The summed E-state index contributed by atoms with van der Waals surface area (Å²) in [5.74, 6) is 0.825. The Balaban J connectivity index is 0.00000180. The summed E-state index contributed by atoms with van der Waals surface area (Å²) in [5.41, 5.74) is 0. The smallest absolute Gasteiger partial charge is 0.191 e. The first kappa shape index (κ1) is 16.2. The second-order valence-electron chi connectivity index (χ2n) is 4.32. The molecule has 1 atom stereocenters. The molecule has 19 heavy (non-hydrogen) atoms. The van der Waals surface area contributed by atoms with E-state index in [-0.39, 0.29) is 24.0 Å². The topological polar surface area (TPSA) is 63.5 Å². The number of ether oxygens (including phenoxy) is 1. The van der Waals surface area contributed by atoms with Crippen molar-refractivity contribution in [3.8, 4) is 0 Å². The van der Waals surface area contributed by atoms with E-state index in [4.69, 9.17) is 4.74 Å². The van der Waals surface area contributed by atoms with E-state index in [0.29, 0.717) is 6.10 Å². The molecular weight excluding hydrogens is 357 g/mol. The number of hydrogen-bond acceptors (Lipinski definition) is 3. The molecule has 0 amide bonds. The number of imidazole rings is 1. The van der Waals surface area contributed by atoms with Gasteiger partial charge >= 0.3 is 0 Å². The Morgan fingerprint density at radius 2 is 2.42 bits per heavy atom. The third-order valence-electron chi connectivity index (χ3n) is 2.97. The highest BCUT2D eigenvalue weighted by atomic mass is 127. The van der Waals surface area contributed by atoms with E-state index < -0.39 is 0 Å². The van der Waals surface area contributed by atoms with E-state index in [1.807, 2.05) is 17.1 Å². The molecule has 2 rings (SSSR count). The zero-order chi connectivity index (χ0) is 12.6. The Morgan fingerprint density at radius 3 is 3.05 bits per heavy atom. The molecule has 1 aromatic heterocycles. The van der Waals surface area contributed by atoms with Crippen LogP contribution < -0.4 is 10.6 Å². The summed E-state index contributed by atoms with van der Waals surface area (Å²) in [4.78, 5) is 8.18. The Morgan fingerprint density at radius 1 is 1.53 bits per heavy atom. The van der Waals surface area contributed by atoms with Gasteiger partial charge in [-0.05, 0) is 12.8 Å². The van der Waals surface area contributed by atoms with E-state index in [9.17, 15) is 0 Å². The minimum absolute atomic E-state index is 0. The molecule has 0 bridgehead atoms. The summed E-state index contributed by atoms with van der Waals surface area (Å²) in [6.45, 7) is 3.41. The highest BCUT2D eigenvalue weighted by Gasteiger charge is 2.15. The number of nitrogens with zero attached hydrogens (tertiary/aromatic N) is 3. The van der Waals surface area contributed by atoms with E-state index >= 15 is 0 Å². The van der Waals surface area contributed by atoms with Crippen LogP contribution in [0.4, 0.5) is 0 Å². The molecule has 2 heterocycles. The van der Waals surface area contributed by atoms with Gasteiger partial charge in [-0.1, -0.05) is 0 Å². The molecule has 0 aromatic carbocycles. The number of aliphatic imine (C=N–C) groups is 1. The van der Waals surface area contributed by atoms with Gasteiger partial charge in [0.1, 0.15) is 0 Å². The van der Waals surface area contributed by atoms with Crippen LogP contribution >= 0.6 is 24.0 Å². The van der Waals surface area contributed by atoms with E-state index in [0.717, 1.165) is 38.6 Å². The molecule has 0 spiro atoms. The number of hydrogen-bond donors (Lipinski definition) is 2. The van der Waals surface area contributed by atoms with Crippen molar-refractivity contribution >= 4 is 29.9 Å². The molecule has 1 aromatic rings. The van der Waals surface area contributed by atoms with Gasteiger partial charge in [0.15, 0.2) is 5.96 Å². The van der Waals surface area contributed by atoms with Crippen LogP contribution in [0.5, 0.6) is 0 Å². The van der Waals surface area contributed by atoms with Crippen LogP contribution in [0.1, 0.15) is 12.8 Å². The van der Waals surface area contributed by atoms with Crippen LogP contribution in [0, 0.1) is 0 Å². The summed E-state index contributed by atoms with van der Waals surface area (Å²) in [7, 11) is 1.78. The maximum atomic E-state index is 5.55. The minimum atomic E-state index is 0. The highest BCUT2D eigenvalue weighted by Crippen LogP contribution is 2.10. The third kappa shape index (κ3) is 5.77. The minimum Gasteiger partial charge on any atom is -0.376 e. The molecule has 0 saturated carbocycles. The van der Waals surface area contributed by atoms with Crippen molar-refractivity contribution in [1.29, 1.82) is 0 Å². The third-order valence-corrected chi connectivity index (χ3v) is 2.97. The Hall–Kier alpha value is -0.830. The number of halogens is 1. The lowest BCUT2D eigenvalue weighted by Crippen LogP contribution is -2.42. The average Bonchev–Trinajstić information content (AvgIpc) is 3.06. The van der Waals surface area contributed by atoms with Gasteiger partial charge in [0.05, 0.1) is 12.4 Å². The second-order valence-corrected chi connectivity index (χ2v) is 4.32. The van der Waals surface area contributed by atoms with Crippen LogP contribution in [0.15, 0.2) is 23.7 Å². The van der Waals surface area contributed by atoms with Crippen molar-refractivity contribution in [2.75, 3.05) is 26.7 Å². The van der Waals surface area contributed by atoms with E-state index in [1.165, 1.54) is 6.42 Å². The van der Waals surface area contributed by atoms with Gasteiger partial charge in [-0.15, -0.1) is 24.0 Å². The van der Waals surface area contributed by atoms with Crippen LogP contribution in [0.2, 0.25) is 0 Å². The highest BCUT2D eigenvalue weighted by molar-refractivity contribution is 14.0. The van der Waals surface area contributed by atoms with Crippen molar-refractivity contribution < 1.29 is 4.74 Å². The second kappa shape index (κ2) is 9.13. The van der Waals surface area contributed by atoms with Gasteiger partial charge in [-0.25, -0.2) is 4.98 Å². The van der Waals surface area contributed by atoms with Gasteiger partial charge in [-0.2, -0.15) is 0 Å². The summed E-state index contributed by atoms with van der Waals surface area (Å²) in [6, 6.07) is 0. The first-order valence-electron chi connectivity index (χ1n) is 6.40. The van der Waals surface area contributed by atoms with Gasteiger partial charge in [0.25, 0.3) is 0 Å². The summed E-state index contributed by atoms with van der Waals surface area (Å²) in [6.07, 6.45) is 8.18. The zero-order valence-corrected chi connectivity index (χ0v) is 13.5. The Bertz CT molecular complexity index is 362. The molecule has 1 fully saturated rings. The number of nitrogens with one attached hydrogen (secondary N) is 2. The molecule has 1 aliphatic rings. The first-order chi connectivity index (χ1) is 8.88. The van der Waals surface area contributed by atoms with E-state index in [2.05, 4.69) is 20.6 Å². The molecule has 108 valence electrons. The normalized spacial score (nSPS) is 19.0. The molecule has 1 saturated heterocycles. The fraction of sp³-hybridized carbons (Fsp3) is 0.667. The summed E-state index contributed by atoms with van der Waals surface area (Å²) >= 11 is 0. The molecule has 7 heteroatoms. The van der Waals surface area contributed by atoms with Gasteiger partial charge < -0.3 is 19.9 Å². The molecule has 6 nitrogen and oxygen atoms in total. The first-order valence-corrected chi connectivity index (χ1v) is 6.40. The lowest BCUT2D eigenvalue weighted by molar-refractivity contribution is 0.114. The SMILES string of the molecule is CN=C(NCCn1ccnc1)NCC1CCCO1.I. The summed E-state index contributed by atoms with van der Waals surface area (Å²) < 4.78 is 7.58. The molecule has 0 aliphatic carbocycles. The maximum absolute atomic E-state index is 5.55. The predicted molar refractivity (Wildman–Crippen MR) is 86.0 cm³/mol. The predicted octanol–water partition coefficient (Wildman–Crippen LogP) is 0.845. The van der Waals surface area contributed by atoms with Crippen molar-refractivity contribution in [3.05, 3.63) is 18.7 Å². The van der Waals surface area contributed by atoms with Crippen LogP contribution in [0.3, 0.4) is 0 Å². The Kier molecular flexibility index (Phi) is 7.80. The lowest BCUT2D eigenvalue weighted by atomic mass is 10.2. The van der Waals surface area contributed by atoms with E-state index in [1.54, 1.807) is 13.2 Å². The quantitative estimate of drug-likeness (QED) is 0.452. The number of aromatic nitrogens is 2. The molecule has 2 N–H and O–H groups in total. The van der Waals surface area contributed by atoms with Crippen molar-refractivity contribution in [2.24, 2.45) is 4.99 Å². The summed E-state index contributed by atoms with van der Waals surface area (Å²) in [5, 5.41) is 6.55. The fourth-order valence-electron chi connectivity index (χ4n) is 1.96. The average molecular weight is 379 g/mol. The number of guanidine groups is 1. The monoisotopic (exact) mass is 379 g/mol. The fourth-order valence-corrected chi connectivity index (χ4v) is 1.96. The largest absolute Gasteiger partial charge is 0.376 e. The molecule has 1 unspecified atom stereocenters. The number of rotatable bonds is 5. The standard InChI is InChI=1S/C12H21N5O.HI/c1-13-12(16-9-11-3-2-8-18-11)15-5-7-17-6-4-14-10-17;/h4,6,10-11H,2-3,5,7-9H2,1H3,(H2,13,15,16);1H. The van der Waals surface area contributed by atoms with Crippen LogP contribution in [-0.4, -0.2) is 48.4 Å². The van der Waals surface area contributed by atoms with Gasteiger partial charge in [0.2, 0.25) is 0 Å². The van der Waals surface area contributed by atoms with Crippen molar-refractivity contribution in [3.63, 3.8) is 0 Å². The van der Waals surface area contributed by atoms with Gasteiger partial charge in [-0.3, -0.25) is 4.99 Å². The van der Waals surface area contributed by atoms with Crippen LogP contribution in [0.25, 0.3) is 0 Å². The lowest BCUT2D eigenvalue weighted by Gasteiger charge is -2.15. The molecule has 1 aliphatic heterocycles. The molecular formula is C12H22IN5O. The van der Waals surface area contributed by atoms with Gasteiger partial charge in [0, 0.05) is 45.7 Å². The van der Waals surface area contributed by atoms with Crippen molar-refractivity contribution in [1.82, 2.24) is 20.2 Å². The van der Waals surface area contributed by atoms with Crippen LogP contribution in [-0.2, 0) is 11.3 Å². The maximum Gasteiger partial charge on any atom is 0.191 e. The zero-order valence-electron chi connectivity index (χ0n) is 11.2. The Labute approximate surface area is 131 Å².